The van der Waals surface area contributed by atoms with Crippen LogP contribution >= 0.6 is 0 Å². The van der Waals surface area contributed by atoms with Gasteiger partial charge in [-0.05, 0) is 92.9 Å². The molecule has 0 radical (unpaired) electrons. The number of carbonyl (C=O) groups excluding carboxylic acids is 1. The van der Waals surface area contributed by atoms with Crippen molar-refractivity contribution in [3.05, 3.63) is 71.5 Å². The van der Waals surface area contributed by atoms with Gasteiger partial charge in [-0.25, -0.2) is 0 Å². The maximum Gasteiger partial charge on any atom is 0.238 e. The molecule has 1 heterocycles. The van der Waals surface area contributed by atoms with Gasteiger partial charge in [-0.3, -0.25) is 4.79 Å². The zero-order valence-electron chi connectivity index (χ0n) is 21.6. The van der Waals surface area contributed by atoms with E-state index in [0.29, 0.717) is 18.6 Å². The number of ether oxygens (including phenoxy) is 1. The second kappa shape index (κ2) is 9.82. The molecule has 1 amide bonds. The lowest BCUT2D eigenvalue weighted by Gasteiger charge is -2.54. The Morgan fingerprint density at radius 3 is 2.66 bits per heavy atom. The molecule has 2 fully saturated rings. The topological polar surface area (TPSA) is 29.5 Å². The number of fused-ring (bicyclic) bond motifs is 3. The van der Waals surface area contributed by atoms with Gasteiger partial charge in [0, 0.05) is 31.3 Å². The van der Waals surface area contributed by atoms with Crippen LogP contribution in [0.2, 0.25) is 0 Å². The van der Waals surface area contributed by atoms with Gasteiger partial charge in [0.2, 0.25) is 5.91 Å². The largest absolute Gasteiger partial charge is 0.381 e. The van der Waals surface area contributed by atoms with Crippen LogP contribution in [0.25, 0.3) is 0 Å². The van der Waals surface area contributed by atoms with Gasteiger partial charge in [-0.1, -0.05) is 55.2 Å². The lowest BCUT2D eigenvalue weighted by atomic mass is 9.50. The number of nitrogens with zero attached hydrogens (tertiary/aromatic N) is 1. The number of methoxy groups -OCH3 is 1. The average molecular weight is 470 g/mol. The summed E-state index contributed by atoms with van der Waals surface area (Å²) in [4.78, 5) is 16.7. The summed E-state index contributed by atoms with van der Waals surface area (Å²) in [5, 5.41) is 0. The van der Waals surface area contributed by atoms with E-state index in [1.807, 2.05) is 43.4 Å². The third-order valence-corrected chi connectivity index (χ3v) is 8.96. The van der Waals surface area contributed by atoms with E-state index in [9.17, 15) is 4.79 Å². The molecule has 3 heteroatoms. The predicted octanol–water partition coefficient (Wildman–Crippen LogP) is 6.33. The molecule has 2 spiro atoms. The molecule has 35 heavy (non-hydrogen) atoms. The first-order chi connectivity index (χ1) is 17.1. The summed E-state index contributed by atoms with van der Waals surface area (Å²) >= 11 is 0. The summed E-state index contributed by atoms with van der Waals surface area (Å²) in [5.41, 5.74) is 3.06. The van der Waals surface area contributed by atoms with Gasteiger partial charge < -0.3 is 9.64 Å². The Kier molecular flexibility index (Phi) is 6.78. The highest BCUT2D eigenvalue weighted by Crippen LogP contribution is 2.64. The number of carbonyl (C=O) groups is 1. The number of rotatable bonds is 5. The van der Waals surface area contributed by atoms with Crippen LogP contribution in [0.15, 0.2) is 54.8 Å². The summed E-state index contributed by atoms with van der Waals surface area (Å²) in [6.45, 7) is 4.86. The first-order valence-electron chi connectivity index (χ1n) is 13.5. The normalized spacial score (nSPS) is 32.1. The number of hydrogen-bond acceptors (Lipinski definition) is 2. The summed E-state index contributed by atoms with van der Waals surface area (Å²) < 4.78 is 5.76. The molecule has 1 aromatic carbocycles. The smallest absolute Gasteiger partial charge is 0.238 e. The summed E-state index contributed by atoms with van der Waals surface area (Å²) in [7, 11) is 1.83. The third-order valence-electron chi connectivity index (χ3n) is 8.96. The Hall–Kier alpha value is -2.57. The van der Waals surface area contributed by atoms with Crippen molar-refractivity contribution in [1.29, 1.82) is 0 Å². The Balaban J connectivity index is 1.62. The molecule has 2 saturated carbocycles. The molecule has 0 saturated heterocycles. The molecule has 0 aromatic heterocycles. The van der Waals surface area contributed by atoms with E-state index in [0.717, 1.165) is 44.1 Å². The second-order valence-corrected chi connectivity index (χ2v) is 10.9. The van der Waals surface area contributed by atoms with Crippen molar-refractivity contribution >= 4 is 5.91 Å². The molecular formula is C32H39NO2. The maximum absolute atomic E-state index is 14.7. The van der Waals surface area contributed by atoms with Crippen molar-refractivity contribution in [3.63, 3.8) is 0 Å². The van der Waals surface area contributed by atoms with Gasteiger partial charge in [0.05, 0.1) is 11.5 Å². The van der Waals surface area contributed by atoms with Crippen LogP contribution in [-0.2, 0) is 21.4 Å². The molecule has 1 aromatic rings. The van der Waals surface area contributed by atoms with Crippen LogP contribution in [-0.4, -0.2) is 30.6 Å². The molecule has 4 aliphatic rings. The summed E-state index contributed by atoms with van der Waals surface area (Å²) in [6, 6.07) is 6.75. The van der Waals surface area contributed by atoms with E-state index in [-0.39, 0.29) is 17.2 Å². The Labute approximate surface area is 211 Å². The van der Waals surface area contributed by atoms with Crippen molar-refractivity contribution in [3.8, 4) is 11.8 Å². The van der Waals surface area contributed by atoms with Crippen molar-refractivity contribution < 1.29 is 9.53 Å². The average Bonchev–Trinajstić information content (AvgIpc) is 3.68. The quantitative estimate of drug-likeness (QED) is 0.372. The van der Waals surface area contributed by atoms with Crippen LogP contribution in [0.5, 0.6) is 0 Å². The monoisotopic (exact) mass is 469 g/mol. The van der Waals surface area contributed by atoms with Crippen LogP contribution in [0.1, 0.15) is 75.5 Å². The van der Waals surface area contributed by atoms with Gasteiger partial charge in [0.15, 0.2) is 0 Å². The number of benzene rings is 1. The zero-order chi connectivity index (χ0) is 24.5. The van der Waals surface area contributed by atoms with Crippen molar-refractivity contribution in [2.75, 3.05) is 13.7 Å². The van der Waals surface area contributed by atoms with E-state index in [2.05, 4.69) is 49.1 Å². The molecule has 3 nitrogen and oxygen atoms in total. The summed E-state index contributed by atoms with van der Waals surface area (Å²) in [5.74, 6) is 7.91. The minimum absolute atomic E-state index is 0.0687. The first kappa shape index (κ1) is 24.1. The fourth-order valence-electron chi connectivity index (χ4n) is 7.02. The highest BCUT2D eigenvalue weighted by atomic mass is 16.5. The lowest BCUT2D eigenvalue weighted by Crippen LogP contribution is -2.60. The van der Waals surface area contributed by atoms with Gasteiger partial charge in [-0.2, -0.15) is 0 Å². The molecule has 2 unspecified atom stereocenters. The van der Waals surface area contributed by atoms with E-state index < -0.39 is 5.41 Å². The molecule has 184 valence electrons. The number of allylic oxidation sites excluding steroid dienone is 4. The first-order valence-corrected chi connectivity index (χ1v) is 13.5. The van der Waals surface area contributed by atoms with Crippen molar-refractivity contribution in [2.45, 2.75) is 76.7 Å². The number of hydrogen-bond donors (Lipinski definition) is 0. The Morgan fingerprint density at radius 2 is 1.97 bits per heavy atom. The molecule has 2 atom stereocenters. The minimum atomic E-state index is -0.531. The highest BCUT2D eigenvalue weighted by molar-refractivity contribution is 5.94. The molecule has 5 rings (SSSR count). The molecule has 1 aliphatic heterocycles. The van der Waals surface area contributed by atoms with Gasteiger partial charge >= 0.3 is 0 Å². The van der Waals surface area contributed by atoms with Gasteiger partial charge in [0.1, 0.15) is 0 Å². The highest BCUT2D eigenvalue weighted by Gasteiger charge is 2.66. The second-order valence-electron chi connectivity index (χ2n) is 10.9. The molecule has 3 aliphatic carbocycles. The van der Waals surface area contributed by atoms with Crippen LogP contribution < -0.4 is 0 Å². The lowest BCUT2D eigenvalue weighted by molar-refractivity contribution is -0.146. The SMILES string of the molecule is CC=CC=CCN1C=CC(CC)C2(C1=O)c1cc(C#CC3CC3)ccc1CC21CCC(OC)CC1. The van der Waals surface area contributed by atoms with Crippen molar-refractivity contribution in [2.24, 2.45) is 17.3 Å². The molecule has 0 N–H and O–H groups in total. The third kappa shape index (κ3) is 4.11. The zero-order valence-corrected chi connectivity index (χ0v) is 21.6. The van der Waals surface area contributed by atoms with E-state index in [1.54, 1.807) is 0 Å². The predicted molar refractivity (Wildman–Crippen MR) is 142 cm³/mol. The summed E-state index contributed by atoms with van der Waals surface area (Å²) in [6.07, 6.45) is 21.3. The molecule has 0 bridgehead atoms. The van der Waals surface area contributed by atoms with E-state index in [4.69, 9.17) is 4.74 Å². The van der Waals surface area contributed by atoms with Crippen LogP contribution in [0.3, 0.4) is 0 Å². The minimum Gasteiger partial charge on any atom is -0.381 e. The van der Waals surface area contributed by atoms with Gasteiger partial charge in [-0.15, -0.1) is 0 Å². The van der Waals surface area contributed by atoms with E-state index in [1.165, 1.54) is 24.0 Å². The van der Waals surface area contributed by atoms with Gasteiger partial charge in [0.25, 0.3) is 0 Å². The fraction of sp³-hybridized carbons (Fsp3) is 0.531. The fourth-order valence-corrected chi connectivity index (χ4v) is 7.02. The van der Waals surface area contributed by atoms with Crippen molar-refractivity contribution in [1.82, 2.24) is 4.90 Å². The number of amides is 1. The Morgan fingerprint density at radius 1 is 1.17 bits per heavy atom. The Bertz CT molecular complexity index is 1100. The van der Waals surface area contributed by atoms with E-state index >= 15 is 0 Å². The van der Waals surface area contributed by atoms with Crippen LogP contribution in [0.4, 0.5) is 0 Å². The standard InChI is InChI=1S/C32H39NO2/c1-4-6-7-8-20-33-21-17-27(5-2)32(30(33)34)29-22-25(12-11-24-9-10-24)13-14-26(29)23-31(32)18-15-28(35-3)16-19-31/h4,6-8,13-14,17,21-22,24,27-28H,5,9-10,15-16,18-20,23H2,1-3H3. The van der Waals surface area contributed by atoms with Crippen LogP contribution in [0, 0.1) is 29.1 Å². The molecular weight excluding hydrogens is 430 g/mol. The maximum atomic E-state index is 14.7.